The largest absolute Gasteiger partial charge is 0.396 e. The van der Waals surface area contributed by atoms with E-state index in [-0.39, 0.29) is 12.4 Å². The molecule has 2 rings (SSSR count). The summed E-state index contributed by atoms with van der Waals surface area (Å²) in [5, 5.41) is 9.43. The lowest BCUT2D eigenvalue weighted by Gasteiger charge is -2.18. The second-order valence-corrected chi connectivity index (χ2v) is 5.27. The molecule has 1 unspecified atom stereocenters. The zero-order chi connectivity index (χ0) is 12.1. The van der Waals surface area contributed by atoms with Gasteiger partial charge >= 0.3 is 0 Å². The summed E-state index contributed by atoms with van der Waals surface area (Å²) in [4.78, 5) is 0. The first-order valence-corrected chi connectivity index (χ1v) is 6.63. The molecule has 1 aromatic carbocycles. The number of aliphatic hydroxyl groups excluding tert-OH is 1. The molecule has 0 spiro atoms. The van der Waals surface area contributed by atoms with E-state index >= 15 is 0 Å². The molecular formula is C15H21FO. The monoisotopic (exact) mass is 236 g/mol. The Morgan fingerprint density at radius 2 is 1.82 bits per heavy atom. The summed E-state index contributed by atoms with van der Waals surface area (Å²) in [5.74, 6) is 0.946. The van der Waals surface area contributed by atoms with Crippen molar-refractivity contribution in [2.45, 2.75) is 38.5 Å². The van der Waals surface area contributed by atoms with Crippen molar-refractivity contribution in [1.82, 2.24) is 0 Å². The lowest BCUT2D eigenvalue weighted by atomic mass is 9.89. The first-order valence-electron chi connectivity index (χ1n) is 6.63. The predicted octanol–water partition coefficient (Wildman–Crippen LogP) is 3.56. The van der Waals surface area contributed by atoms with Crippen LogP contribution in [0, 0.1) is 17.7 Å². The SMILES string of the molecule is OCC(Cc1ccc(F)cc1)CC1CCCC1. The standard InChI is InChI=1S/C15H21FO/c16-15-7-5-13(6-8-15)10-14(11-17)9-12-3-1-2-4-12/h5-8,12,14,17H,1-4,9-11H2. The van der Waals surface area contributed by atoms with Gasteiger partial charge in [0.25, 0.3) is 0 Å². The van der Waals surface area contributed by atoms with Crippen LogP contribution in [-0.4, -0.2) is 11.7 Å². The fraction of sp³-hybridized carbons (Fsp3) is 0.600. The molecule has 0 amide bonds. The van der Waals surface area contributed by atoms with E-state index in [2.05, 4.69) is 0 Å². The second-order valence-electron chi connectivity index (χ2n) is 5.27. The molecule has 2 heteroatoms. The summed E-state index contributed by atoms with van der Waals surface area (Å²) in [7, 11) is 0. The van der Waals surface area contributed by atoms with E-state index < -0.39 is 0 Å². The van der Waals surface area contributed by atoms with E-state index in [4.69, 9.17) is 0 Å². The number of benzene rings is 1. The molecule has 1 aliphatic carbocycles. The van der Waals surface area contributed by atoms with Gasteiger partial charge in [-0.3, -0.25) is 0 Å². The minimum absolute atomic E-state index is 0.190. The highest BCUT2D eigenvalue weighted by Gasteiger charge is 2.19. The minimum Gasteiger partial charge on any atom is -0.396 e. The summed E-state index contributed by atoms with van der Waals surface area (Å²) < 4.78 is 12.8. The number of halogens is 1. The van der Waals surface area contributed by atoms with Gasteiger partial charge in [0.2, 0.25) is 0 Å². The van der Waals surface area contributed by atoms with Crippen LogP contribution in [0.2, 0.25) is 0 Å². The van der Waals surface area contributed by atoms with Gasteiger partial charge in [-0.25, -0.2) is 4.39 Å². The van der Waals surface area contributed by atoms with Crippen molar-refractivity contribution in [2.24, 2.45) is 11.8 Å². The molecule has 1 fully saturated rings. The molecule has 1 N–H and O–H groups in total. The molecule has 1 atom stereocenters. The Hall–Kier alpha value is -0.890. The number of hydrogen-bond acceptors (Lipinski definition) is 1. The van der Waals surface area contributed by atoms with Gasteiger partial charge in [-0.05, 0) is 42.4 Å². The molecule has 17 heavy (non-hydrogen) atoms. The van der Waals surface area contributed by atoms with Crippen molar-refractivity contribution in [3.63, 3.8) is 0 Å². The highest BCUT2D eigenvalue weighted by molar-refractivity contribution is 5.16. The summed E-state index contributed by atoms with van der Waals surface area (Å²) in [6.07, 6.45) is 7.32. The quantitative estimate of drug-likeness (QED) is 0.828. The zero-order valence-corrected chi connectivity index (χ0v) is 10.2. The van der Waals surface area contributed by atoms with Crippen LogP contribution in [0.15, 0.2) is 24.3 Å². The molecule has 94 valence electrons. The molecule has 1 aliphatic rings. The highest BCUT2D eigenvalue weighted by atomic mass is 19.1. The molecule has 0 radical (unpaired) electrons. The van der Waals surface area contributed by atoms with Crippen LogP contribution >= 0.6 is 0 Å². The number of rotatable bonds is 5. The Kier molecular flexibility index (Phi) is 4.55. The number of aliphatic hydroxyl groups is 1. The average molecular weight is 236 g/mol. The van der Waals surface area contributed by atoms with Gasteiger partial charge in [0.05, 0.1) is 0 Å². The lowest BCUT2D eigenvalue weighted by molar-refractivity contribution is 0.200. The van der Waals surface area contributed by atoms with Crippen molar-refractivity contribution in [3.05, 3.63) is 35.6 Å². The van der Waals surface area contributed by atoms with Crippen LogP contribution in [0.25, 0.3) is 0 Å². The Bertz CT molecular complexity index is 327. The zero-order valence-electron chi connectivity index (χ0n) is 10.2. The number of hydrogen-bond donors (Lipinski definition) is 1. The molecule has 1 nitrogen and oxygen atoms in total. The Morgan fingerprint density at radius 3 is 2.41 bits per heavy atom. The smallest absolute Gasteiger partial charge is 0.123 e. The fourth-order valence-electron chi connectivity index (χ4n) is 2.89. The summed E-state index contributed by atoms with van der Waals surface area (Å²) >= 11 is 0. The van der Waals surface area contributed by atoms with Crippen molar-refractivity contribution in [3.8, 4) is 0 Å². The van der Waals surface area contributed by atoms with Crippen molar-refractivity contribution in [2.75, 3.05) is 6.61 Å². The molecule has 0 aliphatic heterocycles. The van der Waals surface area contributed by atoms with E-state index in [1.165, 1.54) is 37.8 Å². The summed E-state index contributed by atoms with van der Waals surface area (Å²) in [6.45, 7) is 0.244. The molecule has 0 saturated heterocycles. The van der Waals surface area contributed by atoms with Gasteiger partial charge in [-0.2, -0.15) is 0 Å². The van der Waals surface area contributed by atoms with Gasteiger partial charge in [-0.15, -0.1) is 0 Å². The van der Waals surface area contributed by atoms with E-state index in [1.807, 2.05) is 12.1 Å². The summed E-state index contributed by atoms with van der Waals surface area (Å²) in [6, 6.07) is 6.65. The van der Waals surface area contributed by atoms with Gasteiger partial charge < -0.3 is 5.11 Å². The maximum Gasteiger partial charge on any atom is 0.123 e. The van der Waals surface area contributed by atoms with Crippen LogP contribution in [0.4, 0.5) is 4.39 Å². The highest BCUT2D eigenvalue weighted by Crippen LogP contribution is 2.31. The Labute approximate surface area is 103 Å². The average Bonchev–Trinajstić information content (AvgIpc) is 2.84. The van der Waals surface area contributed by atoms with Gasteiger partial charge in [0.15, 0.2) is 0 Å². The molecular weight excluding hydrogens is 215 g/mol. The third-order valence-electron chi connectivity index (χ3n) is 3.84. The first-order chi connectivity index (χ1) is 8.28. The van der Waals surface area contributed by atoms with Gasteiger partial charge in [0.1, 0.15) is 5.82 Å². The van der Waals surface area contributed by atoms with Crippen molar-refractivity contribution < 1.29 is 9.50 Å². The van der Waals surface area contributed by atoms with Crippen LogP contribution < -0.4 is 0 Å². The van der Waals surface area contributed by atoms with E-state index in [0.717, 1.165) is 24.3 Å². The van der Waals surface area contributed by atoms with Gasteiger partial charge in [0, 0.05) is 6.61 Å². The molecule has 0 aromatic heterocycles. The Morgan fingerprint density at radius 1 is 1.18 bits per heavy atom. The van der Waals surface area contributed by atoms with Gasteiger partial charge in [-0.1, -0.05) is 37.8 Å². The van der Waals surface area contributed by atoms with Crippen LogP contribution in [0.1, 0.15) is 37.7 Å². The third kappa shape index (κ3) is 3.81. The topological polar surface area (TPSA) is 20.2 Å². The fourth-order valence-corrected chi connectivity index (χ4v) is 2.89. The Balaban J connectivity index is 1.87. The maximum atomic E-state index is 12.8. The van der Waals surface area contributed by atoms with Crippen LogP contribution in [-0.2, 0) is 6.42 Å². The predicted molar refractivity (Wildman–Crippen MR) is 67.3 cm³/mol. The van der Waals surface area contributed by atoms with E-state index in [0.29, 0.717) is 5.92 Å². The molecule has 0 bridgehead atoms. The molecule has 1 aromatic rings. The van der Waals surface area contributed by atoms with E-state index in [1.54, 1.807) is 0 Å². The van der Waals surface area contributed by atoms with Crippen LogP contribution in [0.5, 0.6) is 0 Å². The lowest BCUT2D eigenvalue weighted by Crippen LogP contribution is -2.13. The minimum atomic E-state index is -0.190. The maximum absolute atomic E-state index is 12.8. The van der Waals surface area contributed by atoms with E-state index in [9.17, 15) is 9.50 Å². The third-order valence-corrected chi connectivity index (χ3v) is 3.84. The normalized spacial score (nSPS) is 18.5. The molecule has 1 saturated carbocycles. The second kappa shape index (κ2) is 6.15. The first kappa shape index (κ1) is 12.6. The van der Waals surface area contributed by atoms with Crippen molar-refractivity contribution >= 4 is 0 Å². The summed E-state index contributed by atoms with van der Waals surface area (Å²) in [5.41, 5.74) is 1.13. The van der Waals surface area contributed by atoms with Crippen molar-refractivity contribution in [1.29, 1.82) is 0 Å². The van der Waals surface area contributed by atoms with Crippen LogP contribution in [0.3, 0.4) is 0 Å². The molecule has 0 heterocycles.